The summed E-state index contributed by atoms with van der Waals surface area (Å²) in [6.45, 7) is 4.90. The Morgan fingerprint density at radius 2 is 1.76 bits per heavy atom. The molecule has 7 heteroatoms. The first-order valence-corrected chi connectivity index (χ1v) is 9.95. The van der Waals surface area contributed by atoms with E-state index >= 15 is 0 Å². The average molecular weight is 399 g/mol. The first-order valence-electron chi connectivity index (χ1n) is 9.95. The van der Waals surface area contributed by atoms with Crippen molar-refractivity contribution in [1.29, 1.82) is 0 Å². The van der Waals surface area contributed by atoms with Gasteiger partial charge in [-0.15, -0.1) is 0 Å². The number of amides is 1. The molecule has 3 rings (SSSR count). The molecule has 1 aliphatic rings. The molecule has 2 aromatic rings. The summed E-state index contributed by atoms with van der Waals surface area (Å²) >= 11 is 0. The number of morpholine rings is 1. The monoisotopic (exact) mass is 399 g/mol. The molecular formula is C22H29N3O4. The molecule has 0 aliphatic carbocycles. The third kappa shape index (κ3) is 6.66. The van der Waals surface area contributed by atoms with Crippen LogP contribution >= 0.6 is 0 Å². The molecule has 1 heterocycles. The lowest BCUT2D eigenvalue weighted by atomic mass is 10.2. The number of benzene rings is 2. The van der Waals surface area contributed by atoms with Crippen LogP contribution in [0.1, 0.15) is 6.42 Å². The number of carbonyl (C=O) groups is 1. The lowest BCUT2D eigenvalue weighted by Crippen LogP contribution is -2.36. The van der Waals surface area contributed by atoms with Crippen LogP contribution in [-0.2, 0) is 9.53 Å². The molecule has 0 unspecified atom stereocenters. The molecule has 1 saturated heterocycles. The first kappa shape index (κ1) is 21.0. The van der Waals surface area contributed by atoms with Gasteiger partial charge in [-0.3, -0.25) is 4.79 Å². The van der Waals surface area contributed by atoms with Gasteiger partial charge in [0.25, 0.3) is 0 Å². The number of anilines is 2. The smallest absolute Gasteiger partial charge is 0.225 e. The maximum atomic E-state index is 12.3. The second kappa shape index (κ2) is 11.3. The molecule has 0 atom stereocenters. The van der Waals surface area contributed by atoms with Crippen molar-refractivity contribution in [3.8, 4) is 11.5 Å². The van der Waals surface area contributed by atoms with E-state index in [2.05, 4.69) is 15.5 Å². The number of rotatable bonds is 10. The topological polar surface area (TPSA) is 72.1 Å². The van der Waals surface area contributed by atoms with E-state index in [1.807, 2.05) is 48.5 Å². The van der Waals surface area contributed by atoms with Gasteiger partial charge in [0, 0.05) is 32.6 Å². The minimum Gasteiger partial charge on any atom is -0.497 e. The number of nitrogens with zero attached hydrogens (tertiary/aromatic N) is 1. The molecule has 29 heavy (non-hydrogen) atoms. The predicted octanol–water partition coefficient (Wildman–Crippen LogP) is 2.53. The summed E-state index contributed by atoms with van der Waals surface area (Å²) in [5.74, 6) is 1.59. The Hall–Kier alpha value is -2.77. The molecule has 156 valence electrons. The van der Waals surface area contributed by atoms with Crippen LogP contribution in [0.2, 0.25) is 0 Å². The van der Waals surface area contributed by atoms with Crippen molar-refractivity contribution in [1.82, 2.24) is 5.32 Å². The highest BCUT2D eigenvalue weighted by Crippen LogP contribution is 2.26. The summed E-state index contributed by atoms with van der Waals surface area (Å²) in [5, 5.41) is 6.27. The van der Waals surface area contributed by atoms with Gasteiger partial charge in [0.2, 0.25) is 5.91 Å². The van der Waals surface area contributed by atoms with Crippen LogP contribution < -0.4 is 25.0 Å². The highest BCUT2D eigenvalue weighted by molar-refractivity contribution is 5.94. The normalized spacial score (nSPS) is 13.8. The van der Waals surface area contributed by atoms with Gasteiger partial charge in [0.15, 0.2) is 0 Å². The fourth-order valence-electron chi connectivity index (χ4n) is 3.11. The first-order chi connectivity index (χ1) is 14.3. The van der Waals surface area contributed by atoms with E-state index in [-0.39, 0.29) is 5.91 Å². The molecule has 1 aliphatic heterocycles. The minimum atomic E-state index is -0.00529. The third-order valence-electron chi connectivity index (χ3n) is 4.67. The van der Waals surface area contributed by atoms with Gasteiger partial charge in [-0.25, -0.2) is 0 Å². The Bertz CT molecular complexity index is 761. The molecule has 2 N–H and O–H groups in total. The van der Waals surface area contributed by atoms with Crippen LogP contribution in [0.5, 0.6) is 11.5 Å². The molecular weight excluding hydrogens is 370 g/mol. The quantitative estimate of drug-likeness (QED) is 0.598. The zero-order valence-electron chi connectivity index (χ0n) is 16.9. The lowest BCUT2D eigenvalue weighted by Gasteiger charge is -2.30. The van der Waals surface area contributed by atoms with Crippen LogP contribution in [0.25, 0.3) is 0 Å². The van der Waals surface area contributed by atoms with E-state index in [1.54, 1.807) is 7.11 Å². The number of hydrogen-bond acceptors (Lipinski definition) is 6. The number of carbonyl (C=O) groups excluding carboxylic acids is 1. The minimum absolute atomic E-state index is 0.00529. The zero-order valence-corrected chi connectivity index (χ0v) is 16.9. The number of hydrogen-bond donors (Lipinski definition) is 2. The molecule has 1 fully saturated rings. The average Bonchev–Trinajstić information content (AvgIpc) is 2.77. The second-order valence-electron chi connectivity index (χ2n) is 6.69. The van der Waals surface area contributed by atoms with Crippen molar-refractivity contribution in [2.24, 2.45) is 0 Å². The molecule has 1 amide bonds. The van der Waals surface area contributed by atoms with Crippen molar-refractivity contribution in [3.05, 3.63) is 48.5 Å². The lowest BCUT2D eigenvalue weighted by molar-refractivity contribution is -0.116. The van der Waals surface area contributed by atoms with Gasteiger partial charge in [-0.1, -0.05) is 12.1 Å². The van der Waals surface area contributed by atoms with Gasteiger partial charge < -0.3 is 29.7 Å². The van der Waals surface area contributed by atoms with E-state index in [0.717, 1.165) is 36.0 Å². The number of para-hydroxylation sites is 2. The van der Waals surface area contributed by atoms with Crippen molar-refractivity contribution >= 4 is 17.3 Å². The van der Waals surface area contributed by atoms with Crippen molar-refractivity contribution in [2.45, 2.75) is 6.42 Å². The van der Waals surface area contributed by atoms with Crippen LogP contribution in [0.15, 0.2) is 48.5 Å². The molecule has 0 aromatic heterocycles. The number of ether oxygens (including phenoxy) is 3. The van der Waals surface area contributed by atoms with Gasteiger partial charge in [0.05, 0.1) is 31.7 Å². The van der Waals surface area contributed by atoms with E-state index in [4.69, 9.17) is 14.2 Å². The van der Waals surface area contributed by atoms with Crippen LogP contribution in [0.4, 0.5) is 11.4 Å². The Kier molecular flexibility index (Phi) is 8.15. The van der Waals surface area contributed by atoms with Crippen LogP contribution in [0, 0.1) is 0 Å². The van der Waals surface area contributed by atoms with Crippen molar-refractivity contribution in [3.63, 3.8) is 0 Å². The molecule has 7 nitrogen and oxygen atoms in total. The highest BCUT2D eigenvalue weighted by Gasteiger charge is 2.15. The van der Waals surface area contributed by atoms with Crippen LogP contribution in [-0.4, -0.2) is 59.0 Å². The Labute approximate surface area is 171 Å². The van der Waals surface area contributed by atoms with Gasteiger partial charge in [0.1, 0.15) is 18.1 Å². The van der Waals surface area contributed by atoms with E-state index in [0.29, 0.717) is 39.3 Å². The molecule has 0 bridgehead atoms. The predicted molar refractivity (Wildman–Crippen MR) is 114 cm³/mol. The largest absolute Gasteiger partial charge is 0.497 e. The summed E-state index contributed by atoms with van der Waals surface area (Å²) < 4.78 is 16.2. The number of nitrogens with one attached hydrogen (secondary N) is 2. The Balaban J connectivity index is 1.35. The Morgan fingerprint density at radius 3 is 2.52 bits per heavy atom. The van der Waals surface area contributed by atoms with Gasteiger partial charge >= 0.3 is 0 Å². The van der Waals surface area contributed by atoms with Crippen molar-refractivity contribution < 1.29 is 19.0 Å². The Morgan fingerprint density at radius 1 is 1.03 bits per heavy atom. The van der Waals surface area contributed by atoms with Crippen LogP contribution in [0.3, 0.4) is 0 Å². The molecule has 0 saturated carbocycles. The highest BCUT2D eigenvalue weighted by atomic mass is 16.5. The van der Waals surface area contributed by atoms with Crippen molar-refractivity contribution in [2.75, 3.05) is 63.3 Å². The summed E-state index contributed by atoms with van der Waals surface area (Å²) in [5.41, 5.74) is 1.90. The standard InChI is InChI=1S/C22H29N3O4/c1-27-18-6-8-19(9-7-18)29-15-12-23-11-10-22(26)24-20-4-2-3-5-21(20)25-13-16-28-17-14-25/h2-9,23H,10-17H2,1H3,(H,24,26). The number of methoxy groups -OCH3 is 1. The molecule has 0 radical (unpaired) electrons. The summed E-state index contributed by atoms with van der Waals surface area (Å²) in [7, 11) is 1.64. The maximum Gasteiger partial charge on any atom is 0.225 e. The molecule has 0 spiro atoms. The van der Waals surface area contributed by atoms with E-state index in [9.17, 15) is 4.79 Å². The SMILES string of the molecule is COc1ccc(OCCNCCC(=O)Nc2ccccc2N2CCOCC2)cc1. The molecule has 2 aromatic carbocycles. The third-order valence-corrected chi connectivity index (χ3v) is 4.67. The maximum absolute atomic E-state index is 12.3. The van der Waals surface area contributed by atoms with E-state index < -0.39 is 0 Å². The van der Waals surface area contributed by atoms with E-state index in [1.165, 1.54) is 0 Å². The summed E-state index contributed by atoms with van der Waals surface area (Å²) in [6, 6.07) is 15.4. The zero-order chi connectivity index (χ0) is 20.3. The fourth-order valence-corrected chi connectivity index (χ4v) is 3.11. The van der Waals surface area contributed by atoms with Gasteiger partial charge in [-0.2, -0.15) is 0 Å². The second-order valence-corrected chi connectivity index (χ2v) is 6.69. The van der Waals surface area contributed by atoms with Gasteiger partial charge in [-0.05, 0) is 36.4 Å². The summed E-state index contributed by atoms with van der Waals surface area (Å²) in [4.78, 5) is 14.6. The fraction of sp³-hybridized carbons (Fsp3) is 0.409. The summed E-state index contributed by atoms with van der Waals surface area (Å²) in [6.07, 6.45) is 0.403.